The maximum atomic E-state index is 13.8. The Morgan fingerprint density at radius 2 is 1.88 bits per heavy atom. The molecule has 3 aromatic carbocycles. The Balaban J connectivity index is 1.42. The van der Waals surface area contributed by atoms with Crippen molar-refractivity contribution in [1.29, 1.82) is 0 Å². The van der Waals surface area contributed by atoms with Crippen molar-refractivity contribution in [3.05, 3.63) is 88.2 Å². The van der Waals surface area contributed by atoms with Crippen LogP contribution in [0.3, 0.4) is 0 Å². The van der Waals surface area contributed by atoms with Gasteiger partial charge in [-0.15, -0.1) is 0 Å². The Hall–Kier alpha value is -3.29. The zero-order chi connectivity index (χ0) is 24.2. The van der Waals surface area contributed by atoms with Gasteiger partial charge in [-0.2, -0.15) is 0 Å². The number of ether oxygens (including phenoxy) is 2. The number of carboxylic acids is 1. The van der Waals surface area contributed by atoms with Crippen molar-refractivity contribution < 1.29 is 28.6 Å². The van der Waals surface area contributed by atoms with Crippen LogP contribution in [-0.2, 0) is 11.2 Å². The molecule has 3 aromatic rings. The minimum atomic E-state index is -0.934. The van der Waals surface area contributed by atoms with Crippen LogP contribution in [-0.4, -0.2) is 34.6 Å². The fourth-order valence-corrected chi connectivity index (χ4v) is 4.07. The fraction of sp³-hybridized carbons (Fsp3) is 0.200. The van der Waals surface area contributed by atoms with Gasteiger partial charge in [0.15, 0.2) is 0 Å². The monoisotopic (exact) mass is 503 g/mol. The van der Waals surface area contributed by atoms with Crippen molar-refractivity contribution in [2.45, 2.75) is 18.8 Å². The van der Waals surface area contributed by atoms with Gasteiger partial charge < -0.3 is 14.6 Å². The van der Waals surface area contributed by atoms with Crippen molar-refractivity contribution in [2.75, 3.05) is 13.2 Å². The second kappa shape index (κ2) is 10.3. The molecule has 9 heteroatoms. The number of rotatable bonds is 7. The first kappa shape index (κ1) is 23.9. The van der Waals surface area contributed by atoms with Gasteiger partial charge in [-0.25, -0.2) is 4.39 Å². The van der Waals surface area contributed by atoms with Crippen molar-refractivity contribution in [3.63, 3.8) is 0 Å². The van der Waals surface area contributed by atoms with Crippen LogP contribution in [0.25, 0.3) is 0 Å². The average molecular weight is 504 g/mol. The summed E-state index contributed by atoms with van der Waals surface area (Å²) in [5, 5.41) is 9.65. The largest absolute Gasteiger partial charge is 0.493 e. The lowest BCUT2D eigenvalue weighted by Crippen LogP contribution is -2.24. The lowest BCUT2D eigenvalue weighted by atomic mass is 9.93. The standard InChI is InChI=1S/C25H20Cl2FNO5/c26-20-13-19-18(25(31)32)10-12-33-22(19)14-23(20)34-17-7-5-16(6-8-17)24(30)29(27)11-9-15-3-1-2-4-21(15)28/h1-8,13-14,18H,9-12H2,(H,31,32). The van der Waals surface area contributed by atoms with Crippen LogP contribution < -0.4 is 9.47 Å². The Morgan fingerprint density at radius 1 is 1.15 bits per heavy atom. The molecule has 6 nitrogen and oxygen atoms in total. The zero-order valence-corrected chi connectivity index (χ0v) is 19.4. The van der Waals surface area contributed by atoms with Gasteiger partial charge >= 0.3 is 5.97 Å². The van der Waals surface area contributed by atoms with Gasteiger partial charge in [0.1, 0.15) is 23.1 Å². The highest BCUT2D eigenvalue weighted by atomic mass is 35.5. The van der Waals surface area contributed by atoms with Gasteiger partial charge in [-0.3, -0.25) is 14.0 Å². The number of benzene rings is 3. The van der Waals surface area contributed by atoms with Gasteiger partial charge in [-0.1, -0.05) is 29.8 Å². The van der Waals surface area contributed by atoms with E-state index >= 15 is 0 Å². The number of hydrogen-bond acceptors (Lipinski definition) is 4. The van der Waals surface area contributed by atoms with Crippen LogP contribution in [0, 0.1) is 5.82 Å². The third-order valence-corrected chi connectivity index (χ3v) is 6.10. The number of aliphatic carboxylic acids is 1. The second-order valence-corrected chi connectivity index (χ2v) is 8.52. The van der Waals surface area contributed by atoms with Crippen LogP contribution >= 0.6 is 23.4 Å². The van der Waals surface area contributed by atoms with Crippen LogP contribution in [0.5, 0.6) is 17.2 Å². The maximum Gasteiger partial charge on any atom is 0.311 e. The smallest absolute Gasteiger partial charge is 0.311 e. The minimum absolute atomic E-state index is 0.141. The van der Waals surface area contributed by atoms with E-state index in [1.165, 1.54) is 6.07 Å². The van der Waals surface area contributed by atoms with E-state index < -0.39 is 17.8 Å². The summed E-state index contributed by atoms with van der Waals surface area (Å²) in [6.45, 7) is 0.426. The van der Waals surface area contributed by atoms with Crippen molar-refractivity contribution in [3.8, 4) is 17.2 Å². The number of carbonyl (C=O) groups is 2. The first-order chi connectivity index (χ1) is 16.3. The lowest BCUT2D eigenvalue weighted by Gasteiger charge is -2.24. The third kappa shape index (κ3) is 5.26. The molecule has 1 amide bonds. The Morgan fingerprint density at radius 3 is 2.59 bits per heavy atom. The number of carbonyl (C=O) groups excluding carboxylic acids is 1. The first-order valence-corrected chi connectivity index (χ1v) is 11.2. The summed E-state index contributed by atoms with van der Waals surface area (Å²) in [5.41, 5.74) is 1.32. The van der Waals surface area contributed by atoms with E-state index in [-0.39, 0.29) is 30.4 Å². The molecule has 1 aliphatic heterocycles. The Kier molecular flexibility index (Phi) is 7.24. The first-order valence-electron chi connectivity index (χ1n) is 10.5. The molecule has 0 spiro atoms. The van der Waals surface area contributed by atoms with Crippen LogP contribution in [0.4, 0.5) is 4.39 Å². The summed E-state index contributed by atoms with van der Waals surface area (Å²) < 4.78 is 26.2. The summed E-state index contributed by atoms with van der Waals surface area (Å²) in [5.74, 6) is -1.26. The van der Waals surface area contributed by atoms with E-state index in [1.807, 2.05) is 0 Å². The van der Waals surface area contributed by atoms with Gasteiger partial charge in [0, 0.05) is 35.5 Å². The summed E-state index contributed by atoms with van der Waals surface area (Å²) in [7, 11) is 0. The maximum absolute atomic E-state index is 13.8. The molecule has 1 atom stereocenters. The quantitative estimate of drug-likeness (QED) is 0.396. The third-order valence-electron chi connectivity index (χ3n) is 5.49. The predicted octanol–water partition coefficient (Wildman–Crippen LogP) is 6.06. The molecule has 4 rings (SSSR count). The minimum Gasteiger partial charge on any atom is -0.493 e. The Labute approximate surface area is 205 Å². The van der Waals surface area contributed by atoms with Gasteiger partial charge in [0.25, 0.3) is 5.91 Å². The van der Waals surface area contributed by atoms with Crippen LogP contribution in [0.15, 0.2) is 60.7 Å². The summed E-state index contributed by atoms with van der Waals surface area (Å²) in [6, 6.07) is 15.7. The lowest BCUT2D eigenvalue weighted by molar-refractivity contribution is -0.139. The highest BCUT2D eigenvalue weighted by molar-refractivity contribution is 6.32. The normalized spacial score (nSPS) is 14.6. The summed E-state index contributed by atoms with van der Waals surface area (Å²) in [6.07, 6.45) is 0.650. The second-order valence-electron chi connectivity index (χ2n) is 7.71. The van der Waals surface area contributed by atoms with Gasteiger partial charge in [0.2, 0.25) is 0 Å². The van der Waals surface area contributed by atoms with E-state index in [0.29, 0.717) is 40.4 Å². The Bertz CT molecular complexity index is 1220. The predicted molar refractivity (Wildman–Crippen MR) is 125 cm³/mol. The summed E-state index contributed by atoms with van der Waals surface area (Å²) in [4.78, 5) is 24.1. The molecule has 176 valence electrons. The highest BCUT2D eigenvalue weighted by Crippen LogP contribution is 2.41. The molecule has 1 aliphatic rings. The van der Waals surface area contributed by atoms with Crippen LogP contribution in [0.2, 0.25) is 5.02 Å². The molecular weight excluding hydrogens is 484 g/mol. The van der Waals surface area contributed by atoms with Gasteiger partial charge in [-0.05, 0) is 54.8 Å². The van der Waals surface area contributed by atoms with E-state index in [9.17, 15) is 19.1 Å². The zero-order valence-electron chi connectivity index (χ0n) is 17.8. The number of carboxylic acid groups (broad SMARTS) is 1. The fourth-order valence-electron chi connectivity index (χ4n) is 3.68. The summed E-state index contributed by atoms with van der Waals surface area (Å²) >= 11 is 12.4. The number of amides is 1. The van der Waals surface area contributed by atoms with Crippen LogP contribution in [0.1, 0.15) is 33.8 Å². The van der Waals surface area contributed by atoms with Gasteiger partial charge in [0.05, 0.1) is 17.5 Å². The van der Waals surface area contributed by atoms with E-state index in [1.54, 1.807) is 54.6 Å². The number of halogens is 3. The average Bonchev–Trinajstić information content (AvgIpc) is 2.83. The van der Waals surface area contributed by atoms with Crippen molar-refractivity contribution >= 4 is 35.3 Å². The van der Waals surface area contributed by atoms with E-state index in [2.05, 4.69) is 0 Å². The molecule has 1 unspecified atom stereocenters. The van der Waals surface area contributed by atoms with Crippen molar-refractivity contribution in [2.24, 2.45) is 0 Å². The molecule has 0 fully saturated rings. The molecule has 0 radical (unpaired) electrons. The molecule has 34 heavy (non-hydrogen) atoms. The number of fused-ring (bicyclic) bond motifs is 1. The molecule has 0 aliphatic carbocycles. The SMILES string of the molecule is O=C(O)C1CCOc2cc(Oc3ccc(C(=O)N(Cl)CCc4ccccc4F)cc3)c(Cl)cc21. The number of nitrogens with zero attached hydrogens (tertiary/aromatic N) is 1. The highest BCUT2D eigenvalue weighted by Gasteiger charge is 2.29. The molecular formula is C25H20Cl2FNO5. The molecule has 1 N–H and O–H groups in total. The molecule has 0 bridgehead atoms. The van der Waals surface area contributed by atoms with E-state index in [0.717, 1.165) is 4.42 Å². The number of hydrogen-bond donors (Lipinski definition) is 1. The molecule has 1 heterocycles. The van der Waals surface area contributed by atoms with Crippen molar-refractivity contribution in [1.82, 2.24) is 4.42 Å². The molecule has 0 saturated heterocycles. The topological polar surface area (TPSA) is 76.1 Å². The molecule has 0 saturated carbocycles. The van der Waals surface area contributed by atoms with E-state index in [4.69, 9.17) is 32.9 Å². The molecule has 0 aromatic heterocycles.